The van der Waals surface area contributed by atoms with Gasteiger partial charge in [-0.05, 0) is 0 Å². The van der Waals surface area contributed by atoms with Gasteiger partial charge in [0.2, 0.25) is 0 Å². The highest BCUT2D eigenvalue weighted by Gasteiger charge is 1.79. The second-order valence-electron chi connectivity index (χ2n) is 0.858. The van der Waals surface area contributed by atoms with Crippen LogP contribution in [0.15, 0.2) is 18.2 Å². The first kappa shape index (κ1) is 10.6. The highest BCUT2D eigenvalue weighted by Crippen LogP contribution is 1.70. The summed E-state index contributed by atoms with van der Waals surface area (Å²) in [6.07, 6.45) is 1.10. The molecule has 0 aliphatic heterocycles. The fourth-order valence-corrected chi connectivity index (χ4v) is 0.117. The fourth-order valence-electron chi connectivity index (χ4n) is 0.117. The molecule has 0 saturated heterocycles. The van der Waals surface area contributed by atoms with E-state index in [1.807, 2.05) is 0 Å². The predicted octanol–water partition coefficient (Wildman–Crippen LogP) is 0.835. The zero-order valence-electron chi connectivity index (χ0n) is 4.90. The second kappa shape index (κ2) is 9.79. The average molecular weight is 133 g/mol. The Morgan fingerprint density at radius 1 is 1.89 bits per heavy atom. The molecule has 0 heterocycles. The third-order valence-corrected chi connectivity index (χ3v) is 0.249. The van der Waals surface area contributed by atoms with Crippen molar-refractivity contribution in [2.45, 2.75) is 6.92 Å². The van der Waals surface area contributed by atoms with Crippen LogP contribution in [0.2, 0.25) is 0 Å². The van der Waals surface area contributed by atoms with Crippen molar-refractivity contribution in [2.24, 2.45) is 5.34 Å². The lowest BCUT2D eigenvalue weighted by Crippen LogP contribution is -1.87. The fraction of sp³-hybridized carbons (Fsp3) is 0.250. The Hall–Kier alpha value is -1.39. The number of carbonyl (C=O) groups excluding carboxylic acids is 1. The van der Waals surface area contributed by atoms with E-state index in [-0.39, 0.29) is 5.97 Å². The summed E-state index contributed by atoms with van der Waals surface area (Å²) < 4.78 is 4.17. The molecule has 5 heteroatoms. The van der Waals surface area contributed by atoms with Crippen LogP contribution in [-0.4, -0.2) is 11.2 Å². The van der Waals surface area contributed by atoms with Gasteiger partial charge in [-0.1, -0.05) is 6.58 Å². The summed E-state index contributed by atoms with van der Waals surface area (Å²) in [5.41, 5.74) is 0. The lowest BCUT2D eigenvalue weighted by atomic mass is 10.8. The molecule has 0 aliphatic rings. The maximum atomic E-state index is 9.75. The Kier molecular flexibility index (Phi) is 11.5. The van der Waals surface area contributed by atoms with Crippen LogP contribution < -0.4 is 0 Å². The summed E-state index contributed by atoms with van der Waals surface area (Å²) in [5.74, 6) is -0.329. The molecule has 0 spiro atoms. The topological polar surface area (TPSA) is 76.0 Å². The van der Waals surface area contributed by atoms with Gasteiger partial charge in [0.1, 0.15) is 0 Å². The second-order valence-corrected chi connectivity index (χ2v) is 0.858. The monoisotopic (exact) mass is 133 g/mol. The molecule has 0 atom stereocenters. The zero-order valence-corrected chi connectivity index (χ0v) is 4.90. The Balaban J connectivity index is 0. The van der Waals surface area contributed by atoms with E-state index >= 15 is 0 Å². The van der Waals surface area contributed by atoms with Gasteiger partial charge in [0, 0.05) is 6.92 Å². The molecule has 0 rings (SSSR count). The lowest BCUT2D eigenvalue weighted by Gasteiger charge is -1.83. The van der Waals surface area contributed by atoms with Crippen molar-refractivity contribution in [3.8, 4) is 0 Å². The quantitative estimate of drug-likeness (QED) is 0.249. The van der Waals surface area contributed by atoms with Crippen molar-refractivity contribution in [1.82, 2.24) is 0 Å². The van der Waals surface area contributed by atoms with E-state index in [0.29, 0.717) is 0 Å². The summed E-state index contributed by atoms with van der Waals surface area (Å²) in [4.78, 5) is 17.9. The average Bonchev–Trinajstić information content (AvgIpc) is 1.67. The normalized spacial score (nSPS) is 5.89. The van der Waals surface area contributed by atoms with Crippen LogP contribution >= 0.6 is 0 Å². The third kappa shape index (κ3) is 54.2. The number of esters is 1. The largest absolute Gasteiger partial charge is 0.435 e. The van der Waals surface area contributed by atoms with E-state index in [1.165, 1.54) is 12.3 Å². The predicted molar refractivity (Wildman–Crippen MR) is 29.5 cm³/mol. The number of carbonyl (C=O) groups is 1. The van der Waals surface area contributed by atoms with Gasteiger partial charge in [0.05, 0.1) is 6.26 Å². The Morgan fingerprint density at radius 3 is 2.22 bits per heavy atom. The van der Waals surface area contributed by atoms with Crippen LogP contribution in [-0.2, 0) is 9.53 Å². The van der Waals surface area contributed by atoms with Crippen molar-refractivity contribution >= 4 is 5.97 Å². The molecular weight excluding hydrogens is 126 g/mol. The molecule has 5 nitrogen and oxygen atoms in total. The first-order chi connectivity index (χ1) is 4.18. The molecule has 1 N–H and O–H groups in total. The maximum absolute atomic E-state index is 9.75. The molecular formula is C4H7NO4. The SMILES string of the molecule is C=COC(C)=O.O=NO. The molecule has 0 saturated carbocycles. The van der Waals surface area contributed by atoms with Crippen molar-refractivity contribution in [3.63, 3.8) is 0 Å². The summed E-state index contributed by atoms with van der Waals surface area (Å²) in [6.45, 7) is 4.48. The van der Waals surface area contributed by atoms with Crippen LogP contribution in [0.4, 0.5) is 0 Å². The molecule has 0 aromatic rings. The van der Waals surface area contributed by atoms with Crippen molar-refractivity contribution in [2.75, 3.05) is 0 Å². The molecule has 0 unspecified atom stereocenters. The van der Waals surface area contributed by atoms with Gasteiger partial charge in [0.15, 0.2) is 5.34 Å². The number of rotatable bonds is 1. The number of hydrogen-bond donors (Lipinski definition) is 1. The Bertz CT molecular complexity index is 101. The molecule has 0 bridgehead atoms. The van der Waals surface area contributed by atoms with E-state index in [0.717, 1.165) is 6.26 Å². The Morgan fingerprint density at radius 2 is 2.22 bits per heavy atom. The van der Waals surface area contributed by atoms with Crippen LogP contribution in [0.5, 0.6) is 0 Å². The van der Waals surface area contributed by atoms with Gasteiger partial charge < -0.3 is 9.94 Å². The summed E-state index contributed by atoms with van der Waals surface area (Å²) in [5, 5.41) is 7.89. The van der Waals surface area contributed by atoms with Gasteiger partial charge >= 0.3 is 5.97 Å². The van der Waals surface area contributed by atoms with Gasteiger partial charge in [0.25, 0.3) is 0 Å². The molecule has 0 aromatic carbocycles. The van der Waals surface area contributed by atoms with Crippen molar-refractivity contribution in [1.29, 1.82) is 0 Å². The molecule has 0 amide bonds. The lowest BCUT2D eigenvalue weighted by molar-refractivity contribution is -0.135. The van der Waals surface area contributed by atoms with E-state index in [4.69, 9.17) is 10.1 Å². The molecule has 52 valence electrons. The molecule has 0 radical (unpaired) electrons. The highest BCUT2D eigenvalue weighted by atomic mass is 16.6. The van der Waals surface area contributed by atoms with Crippen LogP contribution in [0, 0.1) is 4.91 Å². The number of nitrogens with zero attached hydrogens (tertiary/aromatic N) is 1. The molecule has 0 fully saturated rings. The smallest absolute Gasteiger partial charge is 0.307 e. The summed E-state index contributed by atoms with van der Waals surface area (Å²) in [6, 6.07) is 0. The maximum Gasteiger partial charge on any atom is 0.307 e. The van der Waals surface area contributed by atoms with Crippen LogP contribution in [0.25, 0.3) is 0 Å². The van der Waals surface area contributed by atoms with Gasteiger partial charge in [-0.2, -0.15) is 0 Å². The van der Waals surface area contributed by atoms with E-state index in [2.05, 4.69) is 11.3 Å². The van der Waals surface area contributed by atoms with E-state index in [1.54, 1.807) is 0 Å². The van der Waals surface area contributed by atoms with Crippen LogP contribution in [0.1, 0.15) is 6.92 Å². The van der Waals surface area contributed by atoms with Crippen LogP contribution in [0.3, 0.4) is 0 Å². The standard InChI is InChI=1S/C4H6O2.HNO2/c1-3-6-4(2)5;2-1-3/h3H,1H2,2H3;(H,2,3). The summed E-state index contributed by atoms with van der Waals surface area (Å²) in [7, 11) is 0. The number of ether oxygens (including phenoxy) is 1. The first-order valence-electron chi connectivity index (χ1n) is 1.93. The highest BCUT2D eigenvalue weighted by molar-refractivity contribution is 5.66. The van der Waals surface area contributed by atoms with Gasteiger partial charge in [-0.15, -0.1) is 4.91 Å². The minimum atomic E-state index is -0.329. The zero-order chi connectivity index (χ0) is 7.70. The summed E-state index contributed by atoms with van der Waals surface area (Å²) >= 11 is 0. The molecule has 0 aromatic heterocycles. The Labute approximate surface area is 51.9 Å². The molecule has 0 aliphatic carbocycles. The van der Waals surface area contributed by atoms with E-state index in [9.17, 15) is 4.79 Å². The first-order valence-corrected chi connectivity index (χ1v) is 1.93. The minimum absolute atomic E-state index is 0.329. The van der Waals surface area contributed by atoms with Crippen molar-refractivity contribution < 1.29 is 14.7 Å². The third-order valence-electron chi connectivity index (χ3n) is 0.249. The van der Waals surface area contributed by atoms with E-state index < -0.39 is 0 Å². The van der Waals surface area contributed by atoms with Gasteiger partial charge in [-0.25, -0.2) is 0 Å². The number of hydrogen-bond acceptors (Lipinski definition) is 4. The minimum Gasteiger partial charge on any atom is -0.435 e. The molecule has 9 heavy (non-hydrogen) atoms. The van der Waals surface area contributed by atoms with Crippen molar-refractivity contribution in [3.05, 3.63) is 17.7 Å². The van der Waals surface area contributed by atoms with Gasteiger partial charge in [-0.3, -0.25) is 4.79 Å².